The van der Waals surface area contributed by atoms with Crippen molar-refractivity contribution in [3.8, 4) is 11.1 Å². The van der Waals surface area contributed by atoms with Gasteiger partial charge in [-0.25, -0.2) is 4.79 Å². The largest absolute Gasteiger partial charge is 0.481 e. The van der Waals surface area contributed by atoms with Gasteiger partial charge in [0.15, 0.2) is 0 Å². The fourth-order valence-electron chi connectivity index (χ4n) is 5.56. The van der Waals surface area contributed by atoms with Gasteiger partial charge in [-0.1, -0.05) is 75.2 Å². The van der Waals surface area contributed by atoms with Gasteiger partial charge in [0.05, 0.1) is 0 Å². The van der Waals surface area contributed by atoms with E-state index in [2.05, 4.69) is 41.8 Å². The molecule has 1 saturated carbocycles. The molecule has 7 heteroatoms. The second-order valence-electron chi connectivity index (χ2n) is 10.1. The summed E-state index contributed by atoms with van der Waals surface area (Å²) >= 11 is 0. The van der Waals surface area contributed by atoms with Crippen LogP contribution in [0.4, 0.5) is 4.79 Å². The topological polar surface area (TPSA) is 105 Å². The molecule has 7 nitrogen and oxygen atoms in total. The molecule has 2 amide bonds. The third-order valence-corrected chi connectivity index (χ3v) is 7.25. The Morgan fingerprint density at radius 2 is 1.71 bits per heavy atom. The van der Waals surface area contributed by atoms with E-state index in [0.29, 0.717) is 12.8 Å². The van der Waals surface area contributed by atoms with Crippen LogP contribution in [0.5, 0.6) is 0 Å². The molecule has 2 aliphatic carbocycles. The molecule has 0 aliphatic heterocycles. The lowest BCUT2D eigenvalue weighted by Crippen LogP contribution is -2.61. The number of ether oxygens (including phenoxy) is 1. The smallest absolute Gasteiger partial charge is 0.408 e. The molecule has 186 valence electrons. The normalized spacial score (nSPS) is 21.9. The van der Waals surface area contributed by atoms with Crippen LogP contribution >= 0.6 is 0 Å². The molecule has 3 atom stereocenters. The fourth-order valence-corrected chi connectivity index (χ4v) is 5.56. The summed E-state index contributed by atoms with van der Waals surface area (Å²) in [6.45, 7) is 4.29. The Morgan fingerprint density at radius 3 is 2.31 bits per heavy atom. The van der Waals surface area contributed by atoms with Crippen molar-refractivity contribution in [3.05, 3.63) is 59.7 Å². The van der Waals surface area contributed by atoms with Crippen molar-refractivity contribution in [2.24, 2.45) is 11.8 Å². The van der Waals surface area contributed by atoms with E-state index in [0.717, 1.165) is 35.1 Å². The van der Waals surface area contributed by atoms with Crippen molar-refractivity contribution >= 4 is 18.0 Å². The van der Waals surface area contributed by atoms with Gasteiger partial charge in [-0.05, 0) is 46.9 Å². The molecule has 2 aromatic carbocycles. The van der Waals surface area contributed by atoms with Gasteiger partial charge in [0.1, 0.15) is 12.1 Å². The van der Waals surface area contributed by atoms with Crippen LogP contribution in [-0.2, 0) is 14.3 Å². The molecule has 3 unspecified atom stereocenters. The molecule has 35 heavy (non-hydrogen) atoms. The van der Waals surface area contributed by atoms with Gasteiger partial charge in [0, 0.05) is 18.9 Å². The maximum Gasteiger partial charge on any atom is 0.408 e. The van der Waals surface area contributed by atoms with Crippen LogP contribution in [0.1, 0.15) is 63.0 Å². The van der Waals surface area contributed by atoms with E-state index in [9.17, 15) is 14.4 Å². The van der Waals surface area contributed by atoms with E-state index in [-0.39, 0.29) is 43.2 Å². The Bertz CT molecular complexity index is 1050. The van der Waals surface area contributed by atoms with Crippen LogP contribution in [0.2, 0.25) is 0 Å². The number of hydrogen-bond donors (Lipinski definition) is 3. The van der Waals surface area contributed by atoms with Crippen molar-refractivity contribution in [2.45, 2.75) is 57.4 Å². The van der Waals surface area contributed by atoms with E-state index in [1.807, 2.05) is 24.3 Å². The number of carboxylic acid groups (broad SMARTS) is 1. The Balaban J connectivity index is 1.43. The van der Waals surface area contributed by atoms with Crippen molar-refractivity contribution in [1.29, 1.82) is 0 Å². The summed E-state index contributed by atoms with van der Waals surface area (Å²) in [5, 5.41) is 14.8. The Labute approximate surface area is 206 Å². The second kappa shape index (κ2) is 10.5. The van der Waals surface area contributed by atoms with Crippen LogP contribution < -0.4 is 10.6 Å². The lowest BCUT2D eigenvalue weighted by molar-refractivity contribution is -0.138. The molecule has 1 fully saturated rings. The number of fused-ring (bicyclic) bond motifs is 3. The molecule has 3 N–H and O–H groups in total. The highest BCUT2D eigenvalue weighted by atomic mass is 16.5. The molecule has 0 bridgehead atoms. The van der Waals surface area contributed by atoms with Gasteiger partial charge in [-0.3, -0.25) is 9.59 Å². The van der Waals surface area contributed by atoms with Crippen LogP contribution in [0.25, 0.3) is 11.1 Å². The maximum atomic E-state index is 13.3. The van der Waals surface area contributed by atoms with Crippen LogP contribution in [0, 0.1) is 11.8 Å². The number of carbonyl (C=O) groups is 3. The zero-order valence-corrected chi connectivity index (χ0v) is 20.4. The third-order valence-electron chi connectivity index (χ3n) is 7.25. The van der Waals surface area contributed by atoms with E-state index < -0.39 is 17.6 Å². The van der Waals surface area contributed by atoms with Crippen molar-refractivity contribution < 1.29 is 24.2 Å². The number of amides is 2. The lowest BCUT2D eigenvalue weighted by atomic mass is 9.75. The number of benzene rings is 2. The molecular weight excluding hydrogens is 444 g/mol. The number of rotatable bonds is 8. The zero-order chi connectivity index (χ0) is 25.0. The first-order valence-corrected chi connectivity index (χ1v) is 12.4. The first-order chi connectivity index (χ1) is 16.8. The van der Waals surface area contributed by atoms with Gasteiger partial charge < -0.3 is 20.5 Å². The minimum atomic E-state index is -1.05. The van der Waals surface area contributed by atoms with Crippen molar-refractivity contribution in [2.75, 3.05) is 13.2 Å². The van der Waals surface area contributed by atoms with Gasteiger partial charge >= 0.3 is 12.1 Å². The molecule has 2 aromatic rings. The number of alkyl carbamates (subject to hydrolysis) is 1. The first-order valence-electron chi connectivity index (χ1n) is 12.4. The van der Waals surface area contributed by atoms with E-state index >= 15 is 0 Å². The van der Waals surface area contributed by atoms with Crippen LogP contribution in [-0.4, -0.2) is 41.8 Å². The summed E-state index contributed by atoms with van der Waals surface area (Å²) < 4.78 is 5.72. The third kappa shape index (κ3) is 5.50. The highest BCUT2D eigenvalue weighted by Gasteiger charge is 2.43. The number of carboxylic acids is 1. The molecule has 0 saturated heterocycles. The molecule has 4 rings (SSSR count). The predicted molar refractivity (Wildman–Crippen MR) is 133 cm³/mol. The quantitative estimate of drug-likeness (QED) is 0.510. The number of hydrogen-bond acceptors (Lipinski definition) is 4. The fraction of sp³-hybridized carbons (Fsp3) is 0.464. The SMILES string of the molecule is CC(CNC(=O)C1(NC(=O)OCC2c3ccccc3-c3ccccc32)CCCC(C)C1)CC(=O)O. The van der Waals surface area contributed by atoms with E-state index in [4.69, 9.17) is 9.84 Å². The summed E-state index contributed by atoms with van der Waals surface area (Å²) in [5.74, 6) is -1.15. The second-order valence-corrected chi connectivity index (χ2v) is 10.1. The minimum absolute atomic E-state index is 0.0243. The molecule has 0 spiro atoms. The maximum absolute atomic E-state index is 13.3. The molecular formula is C28H34N2O5. The summed E-state index contributed by atoms with van der Waals surface area (Å²) in [4.78, 5) is 37.2. The van der Waals surface area contributed by atoms with Gasteiger partial charge in [0.25, 0.3) is 0 Å². The van der Waals surface area contributed by atoms with Gasteiger partial charge in [-0.2, -0.15) is 0 Å². The first kappa shape index (κ1) is 24.8. The summed E-state index contributed by atoms with van der Waals surface area (Å²) in [7, 11) is 0. The number of carbonyl (C=O) groups excluding carboxylic acids is 2. The van der Waals surface area contributed by atoms with Crippen molar-refractivity contribution in [1.82, 2.24) is 10.6 Å². The monoisotopic (exact) mass is 478 g/mol. The summed E-state index contributed by atoms with van der Waals surface area (Å²) in [6.07, 6.45) is 2.25. The Hall–Kier alpha value is -3.35. The molecule has 0 aromatic heterocycles. The van der Waals surface area contributed by atoms with Crippen LogP contribution in [0.3, 0.4) is 0 Å². The standard InChI is InChI=1S/C28H34N2O5/c1-18-8-7-13-28(15-18,26(33)29-16-19(2)14-25(31)32)30-27(34)35-17-24-22-11-5-3-9-20(22)21-10-4-6-12-23(21)24/h3-6,9-12,18-19,24H,7-8,13-17H2,1-2H3,(H,29,33)(H,30,34)(H,31,32). The number of aliphatic carboxylic acids is 1. The zero-order valence-electron chi connectivity index (χ0n) is 20.4. The van der Waals surface area contributed by atoms with Gasteiger partial charge in [0.2, 0.25) is 5.91 Å². The van der Waals surface area contributed by atoms with Gasteiger partial charge in [-0.15, -0.1) is 0 Å². The van der Waals surface area contributed by atoms with E-state index in [1.165, 1.54) is 0 Å². The Kier molecular flexibility index (Phi) is 7.43. The Morgan fingerprint density at radius 1 is 1.09 bits per heavy atom. The lowest BCUT2D eigenvalue weighted by Gasteiger charge is -2.39. The number of nitrogens with one attached hydrogen (secondary N) is 2. The predicted octanol–water partition coefficient (Wildman–Crippen LogP) is 4.70. The summed E-state index contributed by atoms with van der Waals surface area (Å²) in [5.41, 5.74) is 3.53. The molecule has 0 radical (unpaired) electrons. The molecule has 2 aliphatic rings. The van der Waals surface area contributed by atoms with Crippen LogP contribution in [0.15, 0.2) is 48.5 Å². The highest BCUT2D eigenvalue weighted by molar-refractivity contribution is 5.90. The minimum Gasteiger partial charge on any atom is -0.481 e. The molecule has 0 heterocycles. The van der Waals surface area contributed by atoms with E-state index in [1.54, 1.807) is 6.92 Å². The average Bonchev–Trinajstić information content (AvgIpc) is 3.14. The highest BCUT2D eigenvalue weighted by Crippen LogP contribution is 2.44. The average molecular weight is 479 g/mol. The summed E-state index contributed by atoms with van der Waals surface area (Å²) in [6, 6.07) is 16.3. The van der Waals surface area contributed by atoms with Crippen molar-refractivity contribution in [3.63, 3.8) is 0 Å².